The smallest absolute Gasteiger partial charge is 0.146 e. The molecule has 0 fully saturated rings. The van der Waals surface area contributed by atoms with E-state index in [1.54, 1.807) is 42.6 Å². The van der Waals surface area contributed by atoms with Crippen LogP contribution in [0.5, 0.6) is 0 Å². The fourth-order valence-electron chi connectivity index (χ4n) is 2.26. The van der Waals surface area contributed by atoms with Crippen LogP contribution in [0.15, 0.2) is 53.7 Å². The molecule has 3 aromatic rings. The number of allylic oxidation sites excluding steroid dienone is 1. The van der Waals surface area contributed by atoms with Crippen LogP contribution in [0.25, 0.3) is 16.5 Å². The maximum absolute atomic E-state index is 14.6. The maximum Gasteiger partial charge on any atom is 0.146 e. The van der Waals surface area contributed by atoms with Crippen LogP contribution in [-0.2, 0) is 5.88 Å². The Morgan fingerprint density at radius 1 is 1.28 bits per heavy atom. The van der Waals surface area contributed by atoms with Crippen LogP contribution in [0.3, 0.4) is 0 Å². The Kier molecular flexibility index (Phi) is 4.90. The highest BCUT2D eigenvalue weighted by Crippen LogP contribution is 2.28. The zero-order valence-corrected chi connectivity index (χ0v) is 13.9. The second kappa shape index (κ2) is 7.27. The minimum Gasteiger partial charge on any atom is -0.404 e. The number of aromatic nitrogens is 3. The summed E-state index contributed by atoms with van der Waals surface area (Å²) in [5, 5.41) is 20.0. The minimum atomic E-state index is -0.332. The van der Waals surface area contributed by atoms with Crippen molar-refractivity contribution in [3.8, 4) is 0 Å². The lowest BCUT2D eigenvalue weighted by Gasteiger charge is -2.09. The number of fused-ring (bicyclic) bond motifs is 1. The average Bonchev–Trinajstić information content (AvgIpc) is 2.64. The minimum absolute atomic E-state index is 0.181. The van der Waals surface area contributed by atoms with Crippen LogP contribution in [0.4, 0.5) is 4.39 Å². The largest absolute Gasteiger partial charge is 0.404 e. The van der Waals surface area contributed by atoms with Gasteiger partial charge in [-0.3, -0.25) is 10.4 Å². The molecule has 0 unspecified atom stereocenters. The Labute approximate surface area is 147 Å². The molecule has 0 aliphatic rings. The van der Waals surface area contributed by atoms with Crippen molar-refractivity contribution in [1.29, 1.82) is 10.8 Å². The van der Waals surface area contributed by atoms with E-state index in [9.17, 15) is 4.39 Å². The summed E-state index contributed by atoms with van der Waals surface area (Å²) in [6.07, 6.45) is 4.00. The van der Waals surface area contributed by atoms with Gasteiger partial charge in [-0.1, -0.05) is 11.8 Å². The SMILES string of the molecule is N=CC(=CN)c1ccc(=N)n(CSc2ccc3ncccc3c2F)n1. The van der Waals surface area contributed by atoms with Gasteiger partial charge in [0.25, 0.3) is 0 Å². The number of hydrogen-bond acceptors (Lipinski definition) is 6. The predicted molar refractivity (Wildman–Crippen MR) is 96.6 cm³/mol. The van der Waals surface area contributed by atoms with Crippen LogP contribution in [0.1, 0.15) is 5.69 Å². The molecule has 0 radical (unpaired) electrons. The number of nitrogens with zero attached hydrogens (tertiary/aromatic N) is 3. The first kappa shape index (κ1) is 16.8. The average molecular weight is 354 g/mol. The number of nitrogens with two attached hydrogens (primary N) is 1. The third kappa shape index (κ3) is 3.43. The standard InChI is InChI=1S/C17H15FN6S/c18-17-12-2-1-7-22-14(12)3-5-15(17)25-10-24-16(21)6-4-13(23-24)11(8-19)9-20/h1-9,19,21H,10,20H2. The maximum atomic E-state index is 14.6. The Morgan fingerprint density at radius 2 is 2.12 bits per heavy atom. The van der Waals surface area contributed by atoms with E-state index in [4.69, 9.17) is 16.6 Å². The molecule has 0 atom stereocenters. The summed E-state index contributed by atoms with van der Waals surface area (Å²) in [5.74, 6) is -0.0773. The van der Waals surface area contributed by atoms with E-state index in [2.05, 4.69) is 10.1 Å². The lowest BCUT2D eigenvalue weighted by Crippen LogP contribution is -2.22. The van der Waals surface area contributed by atoms with Gasteiger partial charge in [-0.05, 0) is 36.4 Å². The fourth-order valence-corrected chi connectivity index (χ4v) is 3.12. The van der Waals surface area contributed by atoms with Crippen molar-refractivity contribution in [3.05, 3.63) is 65.8 Å². The zero-order valence-electron chi connectivity index (χ0n) is 13.1. The summed E-state index contributed by atoms with van der Waals surface area (Å²) in [7, 11) is 0. The van der Waals surface area contributed by atoms with E-state index in [1.807, 2.05) is 0 Å². The third-order valence-electron chi connectivity index (χ3n) is 3.56. The van der Waals surface area contributed by atoms with Gasteiger partial charge in [0.1, 0.15) is 11.3 Å². The number of nitrogens with one attached hydrogen (secondary N) is 2. The summed E-state index contributed by atoms with van der Waals surface area (Å²) in [5.41, 5.74) is 7.18. The van der Waals surface area contributed by atoms with Gasteiger partial charge in [0.15, 0.2) is 0 Å². The molecule has 0 amide bonds. The number of benzene rings is 1. The molecule has 25 heavy (non-hydrogen) atoms. The molecule has 8 heteroatoms. The molecule has 0 saturated heterocycles. The molecule has 1 aromatic carbocycles. The Bertz CT molecular complexity index is 1030. The molecule has 0 spiro atoms. The van der Waals surface area contributed by atoms with E-state index in [0.29, 0.717) is 27.1 Å². The number of pyridine rings is 1. The van der Waals surface area contributed by atoms with Crippen molar-refractivity contribution in [2.75, 3.05) is 0 Å². The first-order valence-corrected chi connectivity index (χ1v) is 8.34. The number of hydrogen-bond donors (Lipinski definition) is 3. The Balaban J connectivity index is 1.89. The summed E-state index contributed by atoms with van der Waals surface area (Å²) in [6.45, 7) is 0. The normalized spacial score (nSPS) is 11.6. The van der Waals surface area contributed by atoms with E-state index in [0.717, 1.165) is 6.21 Å². The van der Waals surface area contributed by atoms with Gasteiger partial charge < -0.3 is 11.1 Å². The topological polar surface area (TPSA) is 104 Å². The quantitative estimate of drug-likeness (QED) is 0.484. The van der Waals surface area contributed by atoms with Crippen LogP contribution in [-0.4, -0.2) is 21.0 Å². The molecule has 0 saturated carbocycles. The molecule has 126 valence electrons. The van der Waals surface area contributed by atoms with Gasteiger partial charge in [0, 0.05) is 34.5 Å². The summed E-state index contributed by atoms with van der Waals surface area (Å²) in [4.78, 5) is 4.59. The van der Waals surface area contributed by atoms with Crippen LogP contribution >= 0.6 is 11.8 Å². The lowest BCUT2D eigenvalue weighted by molar-refractivity contribution is 0.612. The first-order valence-electron chi connectivity index (χ1n) is 7.35. The zero-order chi connectivity index (χ0) is 17.8. The van der Waals surface area contributed by atoms with Crippen LogP contribution in [0.2, 0.25) is 0 Å². The van der Waals surface area contributed by atoms with Gasteiger partial charge in [-0.2, -0.15) is 5.10 Å². The summed E-state index contributed by atoms with van der Waals surface area (Å²) in [6, 6.07) is 10.0. The molecule has 4 N–H and O–H groups in total. The van der Waals surface area contributed by atoms with E-state index >= 15 is 0 Å². The monoisotopic (exact) mass is 354 g/mol. The van der Waals surface area contributed by atoms with Crippen molar-refractivity contribution < 1.29 is 4.39 Å². The number of halogens is 1. The second-order valence-corrected chi connectivity index (χ2v) is 6.08. The molecule has 2 aromatic heterocycles. The highest BCUT2D eigenvalue weighted by molar-refractivity contribution is 7.98. The van der Waals surface area contributed by atoms with Gasteiger partial charge in [0.05, 0.1) is 17.1 Å². The molecule has 0 bridgehead atoms. The molecule has 6 nitrogen and oxygen atoms in total. The number of thioether (sulfide) groups is 1. The highest BCUT2D eigenvalue weighted by Gasteiger charge is 2.09. The molecule has 3 rings (SSSR count). The van der Waals surface area contributed by atoms with Gasteiger partial charge in [0.2, 0.25) is 0 Å². The Morgan fingerprint density at radius 3 is 2.88 bits per heavy atom. The van der Waals surface area contributed by atoms with Crippen LogP contribution < -0.4 is 11.2 Å². The number of rotatable bonds is 5. The third-order valence-corrected chi connectivity index (χ3v) is 4.56. The summed E-state index contributed by atoms with van der Waals surface area (Å²) >= 11 is 1.23. The second-order valence-electron chi connectivity index (χ2n) is 5.09. The summed E-state index contributed by atoms with van der Waals surface area (Å²) < 4.78 is 16.0. The molecular weight excluding hydrogens is 339 g/mol. The van der Waals surface area contributed by atoms with Crippen LogP contribution in [0, 0.1) is 16.6 Å². The molecule has 2 heterocycles. The van der Waals surface area contributed by atoms with Crippen molar-refractivity contribution in [1.82, 2.24) is 14.8 Å². The first-order chi connectivity index (χ1) is 12.1. The van der Waals surface area contributed by atoms with Gasteiger partial charge >= 0.3 is 0 Å². The molecular formula is C17H15FN6S. The van der Waals surface area contributed by atoms with Crippen molar-refractivity contribution in [3.63, 3.8) is 0 Å². The molecule has 0 aliphatic heterocycles. The Hall–Kier alpha value is -3.00. The fraction of sp³-hybridized carbons (Fsp3) is 0.0588. The molecule has 0 aliphatic carbocycles. The van der Waals surface area contributed by atoms with E-state index in [-0.39, 0.29) is 17.2 Å². The van der Waals surface area contributed by atoms with Crippen molar-refractivity contribution >= 4 is 34.5 Å². The van der Waals surface area contributed by atoms with Crippen molar-refractivity contribution in [2.24, 2.45) is 5.73 Å². The van der Waals surface area contributed by atoms with Crippen molar-refractivity contribution in [2.45, 2.75) is 10.8 Å². The lowest BCUT2D eigenvalue weighted by atomic mass is 10.2. The van der Waals surface area contributed by atoms with E-state index < -0.39 is 0 Å². The highest BCUT2D eigenvalue weighted by atomic mass is 32.2. The van der Waals surface area contributed by atoms with E-state index in [1.165, 1.54) is 22.6 Å². The predicted octanol–water partition coefficient (Wildman–Crippen LogP) is 2.75. The van der Waals surface area contributed by atoms with Gasteiger partial charge in [-0.25, -0.2) is 9.07 Å². The van der Waals surface area contributed by atoms with Gasteiger partial charge in [-0.15, -0.1) is 0 Å².